The van der Waals surface area contributed by atoms with E-state index < -0.39 is 20.9 Å². The van der Waals surface area contributed by atoms with Gasteiger partial charge in [-0.05, 0) is 42.8 Å². The van der Waals surface area contributed by atoms with Gasteiger partial charge < -0.3 is 0 Å². The van der Waals surface area contributed by atoms with Crippen molar-refractivity contribution in [2.45, 2.75) is 31.1 Å². The maximum atomic E-state index is 13.0. The smallest absolute Gasteiger partial charge is 0.270 e. The lowest BCUT2D eigenvalue weighted by atomic mass is 10.2. The fraction of sp³-hybridized carbons (Fsp3) is 0.235. The fourth-order valence-electron chi connectivity index (χ4n) is 2.27. The number of rotatable bonds is 7. The Morgan fingerprint density at radius 1 is 1.12 bits per heavy atom. The number of non-ortho nitro benzene ring substituents is 1. The first-order valence-electron chi connectivity index (χ1n) is 7.85. The fourth-order valence-corrected chi connectivity index (χ4v) is 3.84. The quantitative estimate of drug-likeness (QED) is 0.517. The number of nitro groups is 1. The third-order valence-electron chi connectivity index (χ3n) is 3.62. The Kier molecular flexibility index (Phi) is 6.33. The highest BCUT2D eigenvalue weighted by atomic mass is 35.5. The minimum Gasteiger partial charge on any atom is -0.273 e. The van der Waals surface area contributed by atoms with Crippen LogP contribution in [0.1, 0.15) is 26.2 Å². The third kappa shape index (κ3) is 4.39. The van der Waals surface area contributed by atoms with Gasteiger partial charge in [0, 0.05) is 23.6 Å². The van der Waals surface area contributed by atoms with Crippen LogP contribution in [0.4, 0.5) is 11.4 Å². The molecule has 2 rings (SSSR count). The molecule has 9 heteroatoms. The molecule has 0 aromatic heterocycles. The van der Waals surface area contributed by atoms with Crippen LogP contribution in [0, 0.1) is 10.1 Å². The zero-order valence-electron chi connectivity index (χ0n) is 14.0. The lowest BCUT2D eigenvalue weighted by Crippen LogP contribution is -2.36. The number of sulfonamides is 1. The van der Waals surface area contributed by atoms with Crippen molar-refractivity contribution in [1.82, 2.24) is 0 Å². The van der Waals surface area contributed by atoms with E-state index >= 15 is 0 Å². The Balaban J connectivity index is 2.49. The van der Waals surface area contributed by atoms with Gasteiger partial charge in [0.25, 0.3) is 15.7 Å². The summed E-state index contributed by atoms with van der Waals surface area (Å²) in [7, 11) is -4.22. The number of benzene rings is 2. The molecule has 0 fully saturated rings. The number of nitro benzene ring substituents is 1. The van der Waals surface area contributed by atoms with Gasteiger partial charge in [-0.25, -0.2) is 12.7 Å². The maximum absolute atomic E-state index is 13.0. The van der Waals surface area contributed by atoms with Crippen molar-refractivity contribution in [3.8, 4) is 0 Å². The predicted octanol–water partition coefficient (Wildman–Crippen LogP) is 4.16. The zero-order valence-corrected chi connectivity index (χ0v) is 15.5. The van der Waals surface area contributed by atoms with E-state index in [2.05, 4.69) is 0 Å². The molecule has 0 N–H and O–H groups in total. The Bertz CT molecular complexity index is 896. The standard InChI is InChI=1S/C17H17ClN2O5S/c1-2-3-4-17(21)19(14-7-5-13(18)6-8-14)26(24,25)16-11-9-15(10-12-16)20(22)23/h5-12H,2-4H2,1H3. The summed E-state index contributed by atoms with van der Waals surface area (Å²) in [5, 5.41) is 11.2. The molecule has 1 amide bonds. The summed E-state index contributed by atoms with van der Waals surface area (Å²) in [6.07, 6.45) is 1.34. The van der Waals surface area contributed by atoms with Gasteiger partial charge in [-0.1, -0.05) is 24.9 Å². The monoisotopic (exact) mass is 396 g/mol. The molecule has 138 valence electrons. The van der Waals surface area contributed by atoms with Gasteiger partial charge in [0.1, 0.15) is 0 Å². The molecule has 0 aliphatic heterocycles. The van der Waals surface area contributed by atoms with Gasteiger partial charge >= 0.3 is 0 Å². The molecule has 0 bridgehead atoms. The van der Waals surface area contributed by atoms with E-state index in [-0.39, 0.29) is 22.7 Å². The van der Waals surface area contributed by atoms with Gasteiger partial charge in [-0.2, -0.15) is 0 Å². The van der Waals surface area contributed by atoms with Crippen LogP contribution in [0.5, 0.6) is 0 Å². The minimum absolute atomic E-state index is 0.0609. The number of halogens is 1. The molecule has 0 aliphatic carbocycles. The molecular weight excluding hydrogens is 380 g/mol. The molecule has 26 heavy (non-hydrogen) atoms. The number of carbonyl (C=O) groups is 1. The Hall–Kier alpha value is -2.45. The van der Waals surface area contributed by atoms with Crippen molar-refractivity contribution in [2.24, 2.45) is 0 Å². The molecule has 7 nitrogen and oxygen atoms in total. The molecule has 0 saturated heterocycles. The van der Waals surface area contributed by atoms with Gasteiger partial charge in [0.2, 0.25) is 5.91 Å². The highest BCUT2D eigenvalue weighted by Gasteiger charge is 2.30. The molecule has 0 unspecified atom stereocenters. The van der Waals surface area contributed by atoms with Crippen LogP contribution in [-0.2, 0) is 14.8 Å². The summed E-state index contributed by atoms with van der Waals surface area (Å²) in [5.74, 6) is -0.576. The van der Waals surface area contributed by atoms with Crippen LogP contribution in [0.3, 0.4) is 0 Å². The topological polar surface area (TPSA) is 97.6 Å². The summed E-state index contributed by atoms with van der Waals surface area (Å²) < 4.78 is 26.7. The van der Waals surface area contributed by atoms with Crippen molar-refractivity contribution in [3.63, 3.8) is 0 Å². The molecule has 0 atom stereocenters. The Labute approximate surface area is 156 Å². The van der Waals surface area contributed by atoms with Crippen molar-refractivity contribution in [2.75, 3.05) is 4.31 Å². The summed E-state index contributed by atoms with van der Waals surface area (Å²) in [6, 6.07) is 10.3. The second-order valence-corrected chi connectivity index (χ2v) is 7.72. The minimum atomic E-state index is -4.22. The van der Waals surface area contributed by atoms with E-state index in [1.165, 1.54) is 24.3 Å². The van der Waals surface area contributed by atoms with Crippen LogP contribution in [-0.4, -0.2) is 19.2 Å². The summed E-state index contributed by atoms with van der Waals surface area (Å²) in [5.41, 5.74) is -0.0758. The van der Waals surface area contributed by atoms with Crippen molar-refractivity contribution in [3.05, 3.63) is 63.7 Å². The molecule has 2 aromatic carbocycles. The number of hydrogen-bond acceptors (Lipinski definition) is 5. The van der Waals surface area contributed by atoms with E-state index in [1.807, 2.05) is 6.92 Å². The summed E-state index contributed by atoms with van der Waals surface area (Å²) in [6.45, 7) is 1.89. The van der Waals surface area contributed by atoms with Crippen molar-refractivity contribution in [1.29, 1.82) is 0 Å². The zero-order chi connectivity index (χ0) is 19.3. The van der Waals surface area contributed by atoms with Gasteiger partial charge in [0.15, 0.2) is 0 Å². The average molecular weight is 397 g/mol. The normalized spacial score (nSPS) is 11.2. The van der Waals surface area contributed by atoms with Gasteiger partial charge in [0.05, 0.1) is 15.5 Å². The Morgan fingerprint density at radius 2 is 1.69 bits per heavy atom. The summed E-state index contributed by atoms with van der Waals surface area (Å²) >= 11 is 5.84. The second kappa shape index (κ2) is 8.29. The summed E-state index contributed by atoms with van der Waals surface area (Å²) in [4.78, 5) is 22.5. The first-order valence-corrected chi connectivity index (χ1v) is 9.67. The van der Waals surface area contributed by atoms with Crippen molar-refractivity contribution < 1.29 is 18.1 Å². The van der Waals surface area contributed by atoms with E-state index in [0.717, 1.165) is 35.0 Å². The van der Waals surface area contributed by atoms with Gasteiger partial charge in [-0.3, -0.25) is 14.9 Å². The molecule has 0 radical (unpaired) electrons. The SMILES string of the molecule is CCCCC(=O)N(c1ccc(Cl)cc1)S(=O)(=O)c1ccc([N+](=O)[O-])cc1. The lowest BCUT2D eigenvalue weighted by Gasteiger charge is -2.22. The van der Waals surface area contributed by atoms with Crippen LogP contribution >= 0.6 is 11.6 Å². The first-order chi connectivity index (χ1) is 12.3. The van der Waals surface area contributed by atoms with E-state index in [4.69, 9.17) is 11.6 Å². The van der Waals surface area contributed by atoms with Crippen LogP contribution in [0.2, 0.25) is 5.02 Å². The predicted molar refractivity (Wildman–Crippen MR) is 98.7 cm³/mol. The largest absolute Gasteiger partial charge is 0.273 e. The van der Waals surface area contributed by atoms with Crippen LogP contribution < -0.4 is 4.31 Å². The maximum Gasteiger partial charge on any atom is 0.270 e. The molecule has 0 saturated carbocycles. The highest BCUT2D eigenvalue weighted by molar-refractivity contribution is 7.93. The van der Waals surface area contributed by atoms with Crippen LogP contribution in [0.25, 0.3) is 0 Å². The average Bonchev–Trinajstić information content (AvgIpc) is 2.61. The number of hydrogen-bond donors (Lipinski definition) is 0. The van der Waals surface area contributed by atoms with Gasteiger partial charge in [-0.15, -0.1) is 0 Å². The highest BCUT2D eigenvalue weighted by Crippen LogP contribution is 2.27. The number of anilines is 1. The second-order valence-electron chi connectivity index (χ2n) is 5.49. The lowest BCUT2D eigenvalue weighted by molar-refractivity contribution is -0.384. The molecule has 0 aliphatic rings. The molecule has 0 spiro atoms. The molecule has 2 aromatic rings. The van der Waals surface area contributed by atoms with E-state index in [0.29, 0.717) is 11.4 Å². The van der Waals surface area contributed by atoms with E-state index in [9.17, 15) is 23.3 Å². The molecule has 0 heterocycles. The third-order valence-corrected chi connectivity index (χ3v) is 5.63. The van der Waals surface area contributed by atoms with Crippen LogP contribution in [0.15, 0.2) is 53.4 Å². The van der Waals surface area contributed by atoms with E-state index in [1.54, 1.807) is 0 Å². The number of unbranched alkanes of at least 4 members (excludes halogenated alkanes) is 1. The number of amides is 1. The Morgan fingerprint density at radius 3 is 2.19 bits per heavy atom. The number of carbonyl (C=O) groups excluding carboxylic acids is 1. The molecular formula is C17H17ClN2O5S. The number of nitrogens with zero attached hydrogens (tertiary/aromatic N) is 2. The first kappa shape index (κ1) is 19.9. The van der Waals surface area contributed by atoms with Crippen molar-refractivity contribution >= 4 is 38.9 Å².